The lowest BCUT2D eigenvalue weighted by atomic mass is 9.79. The van der Waals surface area contributed by atoms with Gasteiger partial charge in [0.2, 0.25) is 11.8 Å². The highest BCUT2D eigenvalue weighted by Gasteiger charge is 2.46. The number of nitrogens with zero attached hydrogens (tertiary/aromatic N) is 2. The van der Waals surface area contributed by atoms with E-state index in [-0.39, 0.29) is 11.8 Å². The standard InChI is InChI=1S/C22H28N2O2S/c1-4-6-20(25)24-13-12-22(16-24,21(26)23(2)3)15-17-8-10-18(11-9-17)19-7-5-14-27-19/h5,7-11,14H,4,6,12-13,15-16H2,1-3H3/t22-/m1/s1. The van der Waals surface area contributed by atoms with Gasteiger partial charge in [-0.15, -0.1) is 11.3 Å². The van der Waals surface area contributed by atoms with E-state index in [4.69, 9.17) is 0 Å². The van der Waals surface area contributed by atoms with Crippen molar-refractivity contribution in [1.29, 1.82) is 0 Å². The molecular weight excluding hydrogens is 356 g/mol. The van der Waals surface area contributed by atoms with Gasteiger partial charge in [0.15, 0.2) is 0 Å². The summed E-state index contributed by atoms with van der Waals surface area (Å²) in [5, 5.41) is 2.08. The number of benzene rings is 1. The van der Waals surface area contributed by atoms with E-state index in [0.29, 0.717) is 25.9 Å². The van der Waals surface area contributed by atoms with Crippen molar-refractivity contribution >= 4 is 23.2 Å². The van der Waals surface area contributed by atoms with E-state index < -0.39 is 5.41 Å². The molecule has 1 aromatic carbocycles. The zero-order valence-electron chi connectivity index (χ0n) is 16.4. The van der Waals surface area contributed by atoms with Crippen LogP contribution in [0.1, 0.15) is 31.7 Å². The Morgan fingerprint density at radius 1 is 1.19 bits per heavy atom. The number of carbonyl (C=O) groups excluding carboxylic acids is 2. The molecule has 0 radical (unpaired) electrons. The van der Waals surface area contributed by atoms with Crippen LogP contribution in [0.25, 0.3) is 10.4 Å². The van der Waals surface area contributed by atoms with Gasteiger partial charge in [-0.3, -0.25) is 9.59 Å². The van der Waals surface area contributed by atoms with Crippen LogP contribution in [0.2, 0.25) is 0 Å². The van der Waals surface area contributed by atoms with Crippen molar-refractivity contribution in [3.8, 4) is 10.4 Å². The Labute approximate surface area is 165 Å². The molecule has 5 heteroatoms. The molecule has 4 nitrogen and oxygen atoms in total. The molecule has 2 heterocycles. The molecule has 0 N–H and O–H groups in total. The van der Waals surface area contributed by atoms with Crippen LogP contribution in [0, 0.1) is 5.41 Å². The third kappa shape index (κ3) is 4.24. The summed E-state index contributed by atoms with van der Waals surface area (Å²) in [5.74, 6) is 0.288. The highest BCUT2D eigenvalue weighted by Crippen LogP contribution is 2.37. The smallest absolute Gasteiger partial charge is 0.230 e. The predicted molar refractivity (Wildman–Crippen MR) is 111 cm³/mol. The average molecular weight is 385 g/mol. The van der Waals surface area contributed by atoms with Gasteiger partial charge < -0.3 is 9.80 Å². The zero-order chi connectivity index (χ0) is 19.4. The summed E-state index contributed by atoms with van der Waals surface area (Å²) in [6, 6.07) is 12.7. The molecule has 1 aliphatic rings. The SMILES string of the molecule is CCCC(=O)N1CC[C@](Cc2ccc(-c3cccs3)cc2)(C(=O)N(C)C)C1. The van der Waals surface area contributed by atoms with Gasteiger partial charge in [-0.25, -0.2) is 0 Å². The minimum Gasteiger partial charge on any atom is -0.348 e. The first kappa shape index (κ1) is 19.6. The Bertz CT molecular complexity index is 783. The van der Waals surface area contributed by atoms with Gasteiger partial charge in [0.05, 0.1) is 5.41 Å². The number of hydrogen-bond acceptors (Lipinski definition) is 3. The summed E-state index contributed by atoms with van der Waals surface area (Å²) in [6.45, 7) is 3.21. The van der Waals surface area contributed by atoms with Gasteiger partial charge >= 0.3 is 0 Å². The van der Waals surface area contributed by atoms with Crippen LogP contribution in [-0.2, 0) is 16.0 Å². The maximum atomic E-state index is 13.0. The predicted octanol–water partition coefficient (Wildman–Crippen LogP) is 4.06. The lowest BCUT2D eigenvalue weighted by Crippen LogP contribution is -2.44. The summed E-state index contributed by atoms with van der Waals surface area (Å²) in [7, 11) is 3.61. The van der Waals surface area contributed by atoms with Gasteiger partial charge in [0.25, 0.3) is 0 Å². The van der Waals surface area contributed by atoms with E-state index in [2.05, 4.69) is 41.8 Å². The highest BCUT2D eigenvalue weighted by molar-refractivity contribution is 7.13. The quantitative estimate of drug-likeness (QED) is 0.753. The fourth-order valence-corrected chi connectivity index (χ4v) is 4.68. The van der Waals surface area contributed by atoms with Gasteiger partial charge in [-0.2, -0.15) is 0 Å². The normalized spacial score (nSPS) is 19.3. The maximum Gasteiger partial charge on any atom is 0.230 e. The second-order valence-electron chi connectivity index (χ2n) is 7.65. The number of amides is 2. The zero-order valence-corrected chi connectivity index (χ0v) is 17.2. The number of hydrogen-bond donors (Lipinski definition) is 0. The number of carbonyl (C=O) groups is 2. The first-order valence-electron chi connectivity index (χ1n) is 9.57. The van der Waals surface area contributed by atoms with Crippen LogP contribution in [-0.4, -0.2) is 48.8 Å². The van der Waals surface area contributed by atoms with Gasteiger partial charge in [0.1, 0.15) is 0 Å². The van der Waals surface area contributed by atoms with Gasteiger partial charge in [-0.05, 0) is 41.8 Å². The van der Waals surface area contributed by atoms with E-state index >= 15 is 0 Å². The number of thiophene rings is 1. The van der Waals surface area contributed by atoms with Crippen molar-refractivity contribution in [3.05, 3.63) is 47.3 Å². The number of rotatable bonds is 6. The maximum absolute atomic E-state index is 13.0. The van der Waals surface area contributed by atoms with Gasteiger partial charge in [-0.1, -0.05) is 37.3 Å². The molecule has 1 saturated heterocycles. The lowest BCUT2D eigenvalue weighted by Gasteiger charge is -2.31. The van der Waals surface area contributed by atoms with Crippen LogP contribution in [0.5, 0.6) is 0 Å². The van der Waals surface area contributed by atoms with Crippen LogP contribution in [0.4, 0.5) is 0 Å². The summed E-state index contributed by atoms with van der Waals surface area (Å²) in [6.07, 6.45) is 2.80. The topological polar surface area (TPSA) is 40.6 Å². The minimum atomic E-state index is -0.517. The van der Waals surface area contributed by atoms with Crippen LogP contribution < -0.4 is 0 Å². The van der Waals surface area contributed by atoms with E-state index in [1.54, 1.807) is 30.3 Å². The third-order valence-electron chi connectivity index (χ3n) is 5.33. The molecule has 1 aliphatic heterocycles. The second-order valence-corrected chi connectivity index (χ2v) is 8.59. The molecule has 1 fully saturated rings. The molecule has 3 rings (SSSR count). The van der Waals surface area contributed by atoms with E-state index in [1.807, 2.05) is 11.8 Å². The van der Waals surface area contributed by atoms with Crippen molar-refractivity contribution < 1.29 is 9.59 Å². The van der Waals surface area contributed by atoms with Crippen molar-refractivity contribution in [2.45, 2.75) is 32.6 Å². The fraction of sp³-hybridized carbons (Fsp3) is 0.455. The average Bonchev–Trinajstić information content (AvgIpc) is 3.33. The molecule has 2 aromatic rings. The molecule has 0 saturated carbocycles. The molecule has 0 unspecified atom stereocenters. The van der Waals surface area contributed by atoms with Crippen LogP contribution in [0.15, 0.2) is 41.8 Å². The molecule has 0 aliphatic carbocycles. The Balaban J connectivity index is 1.80. The molecule has 0 bridgehead atoms. The molecule has 1 atom stereocenters. The Hall–Kier alpha value is -2.14. The largest absolute Gasteiger partial charge is 0.348 e. The Morgan fingerprint density at radius 2 is 1.93 bits per heavy atom. The molecule has 0 spiro atoms. The molecule has 27 heavy (non-hydrogen) atoms. The molecular formula is C22H28N2O2S. The summed E-state index contributed by atoms with van der Waals surface area (Å²) >= 11 is 1.73. The molecule has 1 aromatic heterocycles. The minimum absolute atomic E-state index is 0.122. The second kappa shape index (κ2) is 8.26. The third-order valence-corrected chi connectivity index (χ3v) is 6.25. The van der Waals surface area contributed by atoms with E-state index in [0.717, 1.165) is 18.4 Å². The van der Waals surface area contributed by atoms with E-state index in [1.165, 1.54) is 10.4 Å². The summed E-state index contributed by atoms with van der Waals surface area (Å²) in [4.78, 5) is 30.2. The Morgan fingerprint density at radius 3 is 2.52 bits per heavy atom. The van der Waals surface area contributed by atoms with Crippen molar-refractivity contribution in [2.75, 3.05) is 27.2 Å². The molecule has 144 valence electrons. The van der Waals surface area contributed by atoms with Crippen molar-refractivity contribution in [2.24, 2.45) is 5.41 Å². The summed E-state index contributed by atoms with van der Waals surface area (Å²) in [5.41, 5.74) is 1.83. The van der Waals surface area contributed by atoms with Gasteiger partial charge in [0, 0.05) is 38.5 Å². The first-order valence-corrected chi connectivity index (χ1v) is 10.5. The lowest BCUT2D eigenvalue weighted by molar-refractivity contribution is -0.139. The van der Waals surface area contributed by atoms with Crippen LogP contribution in [0.3, 0.4) is 0 Å². The van der Waals surface area contributed by atoms with Crippen molar-refractivity contribution in [1.82, 2.24) is 9.80 Å². The molecule has 2 amide bonds. The first-order chi connectivity index (χ1) is 12.9. The summed E-state index contributed by atoms with van der Waals surface area (Å²) < 4.78 is 0. The number of likely N-dealkylation sites (tertiary alicyclic amines) is 1. The highest BCUT2D eigenvalue weighted by atomic mass is 32.1. The Kier molecular flexibility index (Phi) is 6.00. The van der Waals surface area contributed by atoms with E-state index in [9.17, 15) is 9.59 Å². The monoisotopic (exact) mass is 384 g/mol. The van der Waals surface area contributed by atoms with Crippen LogP contribution >= 0.6 is 11.3 Å². The van der Waals surface area contributed by atoms with Crippen molar-refractivity contribution in [3.63, 3.8) is 0 Å². The fourth-order valence-electron chi connectivity index (χ4n) is 3.95.